The average molecular weight is 486 g/mol. The molecular formula is C29H27NO6. The predicted molar refractivity (Wildman–Crippen MR) is 134 cm³/mol. The Morgan fingerprint density at radius 2 is 1.78 bits per heavy atom. The van der Waals surface area contributed by atoms with E-state index in [1.54, 1.807) is 24.3 Å². The molecule has 1 aliphatic rings. The molecule has 3 aromatic carbocycles. The average Bonchev–Trinajstić information content (AvgIpc) is 3.40. The molecule has 0 radical (unpaired) electrons. The molecule has 1 aliphatic heterocycles. The van der Waals surface area contributed by atoms with Crippen molar-refractivity contribution in [3.63, 3.8) is 0 Å². The Balaban J connectivity index is 1.58. The van der Waals surface area contributed by atoms with Gasteiger partial charge in [-0.2, -0.15) is 0 Å². The maximum absolute atomic E-state index is 13.3. The molecule has 36 heavy (non-hydrogen) atoms. The number of benzene rings is 3. The lowest BCUT2D eigenvalue weighted by Gasteiger charge is -2.30. The Morgan fingerprint density at radius 3 is 2.47 bits per heavy atom. The number of rotatable bonds is 8. The molecule has 0 spiro atoms. The lowest BCUT2D eigenvalue weighted by molar-refractivity contribution is 0.0840. The van der Waals surface area contributed by atoms with E-state index in [2.05, 4.69) is 4.98 Å². The van der Waals surface area contributed by atoms with Crippen molar-refractivity contribution in [3.05, 3.63) is 101 Å². The molecule has 5 rings (SSSR count). The van der Waals surface area contributed by atoms with Gasteiger partial charge in [-0.05, 0) is 34.9 Å². The second kappa shape index (κ2) is 10.1. The van der Waals surface area contributed by atoms with Crippen molar-refractivity contribution in [2.24, 2.45) is 0 Å². The fraction of sp³-hybridized carbons (Fsp3) is 0.207. The first-order valence-corrected chi connectivity index (χ1v) is 11.8. The molecule has 7 nitrogen and oxygen atoms in total. The smallest absolute Gasteiger partial charge is 0.204 e. The summed E-state index contributed by atoms with van der Waals surface area (Å²) >= 11 is 0. The molecule has 1 unspecified atom stereocenters. The summed E-state index contributed by atoms with van der Waals surface area (Å²) in [7, 11) is 1.44. The normalized spacial score (nSPS) is 14.7. The molecule has 184 valence electrons. The highest BCUT2D eigenvalue weighted by molar-refractivity contribution is 6.04. The SMILES string of the molecule is COc1c(O)c2c(c(Cc3cc[nH]c3)c1OCCc1ccccc1)OC(c1ccc(O)cc1)CC2=O. The number of ether oxygens (including phenoxy) is 3. The minimum atomic E-state index is -0.569. The summed E-state index contributed by atoms with van der Waals surface area (Å²) in [5.41, 5.74) is 3.55. The highest BCUT2D eigenvalue weighted by Gasteiger charge is 2.37. The van der Waals surface area contributed by atoms with Gasteiger partial charge in [0.05, 0.1) is 20.1 Å². The van der Waals surface area contributed by atoms with Crippen molar-refractivity contribution in [2.75, 3.05) is 13.7 Å². The van der Waals surface area contributed by atoms with Gasteiger partial charge >= 0.3 is 0 Å². The summed E-state index contributed by atoms with van der Waals surface area (Å²) in [6.45, 7) is 0.341. The van der Waals surface area contributed by atoms with Crippen molar-refractivity contribution >= 4 is 5.78 Å². The number of methoxy groups -OCH3 is 1. The molecule has 4 aromatic rings. The van der Waals surface area contributed by atoms with Gasteiger partial charge in [0.25, 0.3) is 0 Å². The number of aromatic nitrogens is 1. The van der Waals surface area contributed by atoms with Crippen LogP contribution in [0, 0.1) is 0 Å². The molecule has 1 atom stereocenters. The molecule has 0 aliphatic carbocycles. The summed E-state index contributed by atoms with van der Waals surface area (Å²) in [6, 6.07) is 18.5. The summed E-state index contributed by atoms with van der Waals surface area (Å²) in [5.74, 6) is 0.354. The number of H-pyrrole nitrogens is 1. The first-order chi connectivity index (χ1) is 17.5. The minimum absolute atomic E-state index is 0.0479. The van der Waals surface area contributed by atoms with Crippen LogP contribution >= 0.6 is 0 Å². The van der Waals surface area contributed by atoms with Crippen molar-refractivity contribution in [1.29, 1.82) is 0 Å². The molecule has 0 saturated carbocycles. The van der Waals surface area contributed by atoms with Gasteiger partial charge in [-0.25, -0.2) is 0 Å². The van der Waals surface area contributed by atoms with Gasteiger partial charge in [0.1, 0.15) is 23.2 Å². The topological polar surface area (TPSA) is 101 Å². The van der Waals surface area contributed by atoms with Crippen LogP contribution in [-0.2, 0) is 12.8 Å². The van der Waals surface area contributed by atoms with Gasteiger partial charge in [0, 0.05) is 30.8 Å². The van der Waals surface area contributed by atoms with Crippen LogP contribution < -0.4 is 14.2 Å². The van der Waals surface area contributed by atoms with Crippen molar-refractivity contribution < 1.29 is 29.2 Å². The number of aromatic amines is 1. The number of aromatic hydroxyl groups is 2. The van der Waals surface area contributed by atoms with Gasteiger partial charge in [-0.1, -0.05) is 42.5 Å². The summed E-state index contributed by atoms with van der Waals surface area (Å²) in [5, 5.41) is 20.8. The number of Topliss-reactive ketones (excluding diaryl/α,β-unsaturated/α-hetero) is 1. The van der Waals surface area contributed by atoms with Gasteiger partial charge in [-0.15, -0.1) is 0 Å². The number of hydrogen-bond acceptors (Lipinski definition) is 6. The molecule has 1 aromatic heterocycles. The molecule has 0 amide bonds. The van der Waals surface area contributed by atoms with Crippen LogP contribution in [0.2, 0.25) is 0 Å². The Labute approximate surface area is 208 Å². The second-order valence-corrected chi connectivity index (χ2v) is 8.70. The minimum Gasteiger partial charge on any atom is -0.508 e. The highest BCUT2D eigenvalue weighted by atomic mass is 16.5. The number of carbonyl (C=O) groups is 1. The second-order valence-electron chi connectivity index (χ2n) is 8.70. The Kier molecular flexibility index (Phi) is 6.54. The zero-order chi connectivity index (χ0) is 25.1. The van der Waals surface area contributed by atoms with E-state index in [4.69, 9.17) is 14.2 Å². The van der Waals surface area contributed by atoms with E-state index in [0.29, 0.717) is 36.5 Å². The summed E-state index contributed by atoms with van der Waals surface area (Å²) in [4.78, 5) is 16.3. The molecule has 0 bridgehead atoms. The number of carbonyl (C=O) groups excluding carboxylic acids is 1. The molecule has 0 saturated heterocycles. The molecular weight excluding hydrogens is 458 g/mol. The quantitative estimate of drug-likeness (QED) is 0.311. The van der Waals surface area contributed by atoms with Crippen LogP contribution in [0.15, 0.2) is 73.1 Å². The lowest BCUT2D eigenvalue weighted by atomic mass is 9.91. The van der Waals surface area contributed by atoms with Crippen molar-refractivity contribution in [1.82, 2.24) is 4.98 Å². The van der Waals surface area contributed by atoms with E-state index in [9.17, 15) is 15.0 Å². The fourth-order valence-electron chi connectivity index (χ4n) is 4.53. The molecule has 3 N–H and O–H groups in total. The third-order valence-corrected chi connectivity index (χ3v) is 6.34. The predicted octanol–water partition coefficient (Wildman–Crippen LogP) is 5.35. The Hall–Kier alpha value is -4.39. The monoisotopic (exact) mass is 485 g/mol. The third kappa shape index (κ3) is 4.60. The van der Waals surface area contributed by atoms with Gasteiger partial charge in [-0.3, -0.25) is 4.79 Å². The van der Waals surface area contributed by atoms with Crippen LogP contribution in [0.5, 0.6) is 28.7 Å². The van der Waals surface area contributed by atoms with E-state index in [1.165, 1.54) is 7.11 Å². The number of phenolic OH excluding ortho intramolecular Hbond substituents is 2. The van der Waals surface area contributed by atoms with Crippen LogP contribution in [0.1, 0.15) is 45.1 Å². The highest BCUT2D eigenvalue weighted by Crippen LogP contribution is 2.52. The molecule has 0 fully saturated rings. The maximum Gasteiger partial charge on any atom is 0.204 e. The van der Waals surface area contributed by atoms with E-state index >= 15 is 0 Å². The van der Waals surface area contributed by atoms with Gasteiger partial charge in [0.2, 0.25) is 5.75 Å². The van der Waals surface area contributed by atoms with Gasteiger partial charge < -0.3 is 29.4 Å². The van der Waals surface area contributed by atoms with Crippen LogP contribution in [-0.4, -0.2) is 34.7 Å². The number of phenols is 2. The van der Waals surface area contributed by atoms with Crippen LogP contribution in [0.25, 0.3) is 0 Å². The van der Waals surface area contributed by atoms with Crippen molar-refractivity contribution in [3.8, 4) is 28.7 Å². The standard InChI is InChI=1S/C29H27NO6/c1-34-29-26(33)25-23(32)16-24(20-7-9-21(31)10-8-20)36-27(25)22(15-19-11-13-30-17-19)28(29)35-14-12-18-5-3-2-4-6-18/h2-11,13,17,24,30-31,33H,12,14-16H2,1H3. The number of ketones is 1. The summed E-state index contributed by atoms with van der Waals surface area (Å²) < 4.78 is 18.2. The Morgan fingerprint density at radius 1 is 1.00 bits per heavy atom. The number of nitrogens with one attached hydrogen (secondary N) is 1. The number of fused-ring (bicyclic) bond motifs is 1. The fourth-order valence-corrected chi connectivity index (χ4v) is 4.53. The van der Waals surface area contributed by atoms with E-state index in [-0.39, 0.29) is 35.0 Å². The van der Waals surface area contributed by atoms with E-state index < -0.39 is 6.10 Å². The lowest BCUT2D eigenvalue weighted by Crippen LogP contribution is -2.22. The first-order valence-electron chi connectivity index (χ1n) is 11.8. The van der Waals surface area contributed by atoms with E-state index in [0.717, 1.165) is 16.7 Å². The van der Waals surface area contributed by atoms with Crippen LogP contribution in [0.3, 0.4) is 0 Å². The van der Waals surface area contributed by atoms with Crippen molar-refractivity contribution in [2.45, 2.75) is 25.4 Å². The zero-order valence-electron chi connectivity index (χ0n) is 19.9. The summed E-state index contributed by atoms with van der Waals surface area (Å²) in [6.07, 6.45) is 4.22. The number of hydrogen-bond donors (Lipinski definition) is 3. The first kappa shape index (κ1) is 23.4. The molecule has 2 heterocycles. The third-order valence-electron chi connectivity index (χ3n) is 6.34. The zero-order valence-corrected chi connectivity index (χ0v) is 19.9. The maximum atomic E-state index is 13.3. The van der Waals surface area contributed by atoms with Crippen LogP contribution in [0.4, 0.5) is 0 Å². The van der Waals surface area contributed by atoms with Gasteiger partial charge in [0.15, 0.2) is 17.3 Å². The van der Waals surface area contributed by atoms with E-state index in [1.807, 2.05) is 48.8 Å². The largest absolute Gasteiger partial charge is 0.508 e. The molecule has 7 heteroatoms. The Bertz CT molecular complexity index is 1350.